The molecule has 1 amide bonds. The van der Waals surface area contributed by atoms with E-state index in [0.29, 0.717) is 29.7 Å². The average molecular weight is 260 g/mol. The normalized spacial score (nSPS) is 15.6. The zero-order valence-electron chi connectivity index (χ0n) is 8.50. The summed E-state index contributed by atoms with van der Waals surface area (Å²) in [4.78, 5) is 11.6. The van der Waals surface area contributed by atoms with Gasteiger partial charge in [0.1, 0.15) is 0 Å². The maximum atomic E-state index is 11.6. The van der Waals surface area contributed by atoms with Gasteiger partial charge in [0.2, 0.25) is 5.91 Å². The van der Waals surface area contributed by atoms with Crippen molar-refractivity contribution < 1.29 is 9.53 Å². The van der Waals surface area contributed by atoms with E-state index in [-0.39, 0.29) is 11.9 Å². The summed E-state index contributed by atoms with van der Waals surface area (Å²) in [7, 11) is 0. The number of carbonyl (C=O) groups is 1. The monoisotopic (exact) mass is 259 g/mol. The Kier molecular flexibility index (Phi) is 3.69. The first-order valence-electron chi connectivity index (χ1n) is 4.96. The largest absolute Gasteiger partial charge is 0.377 e. The summed E-state index contributed by atoms with van der Waals surface area (Å²) in [6, 6.07) is 5.36. The first kappa shape index (κ1) is 11.7. The van der Waals surface area contributed by atoms with Gasteiger partial charge in [-0.3, -0.25) is 4.79 Å². The second-order valence-electron chi connectivity index (χ2n) is 3.73. The second kappa shape index (κ2) is 5.04. The van der Waals surface area contributed by atoms with Gasteiger partial charge in [-0.15, -0.1) is 0 Å². The third-order valence-electron chi connectivity index (χ3n) is 2.35. The van der Waals surface area contributed by atoms with Gasteiger partial charge in [-0.05, 0) is 17.7 Å². The molecule has 1 saturated heterocycles. The van der Waals surface area contributed by atoms with Gasteiger partial charge in [0, 0.05) is 0 Å². The molecule has 16 heavy (non-hydrogen) atoms. The third kappa shape index (κ3) is 2.88. The van der Waals surface area contributed by atoms with E-state index in [2.05, 4.69) is 5.32 Å². The molecule has 1 aliphatic rings. The Bertz CT molecular complexity index is 405. The molecule has 86 valence electrons. The molecule has 0 radical (unpaired) electrons. The maximum Gasteiger partial charge on any atom is 0.224 e. The van der Waals surface area contributed by atoms with Crippen molar-refractivity contribution in [1.29, 1.82) is 0 Å². The van der Waals surface area contributed by atoms with E-state index in [1.165, 1.54) is 0 Å². The fourth-order valence-corrected chi connectivity index (χ4v) is 1.75. The molecule has 0 aliphatic carbocycles. The Morgan fingerprint density at radius 3 is 2.69 bits per heavy atom. The van der Waals surface area contributed by atoms with Crippen LogP contribution in [0.3, 0.4) is 0 Å². The van der Waals surface area contributed by atoms with Crippen LogP contribution in [0.25, 0.3) is 0 Å². The van der Waals surface area contributed by atoms with Gasteiger partial charge in [-0.25, -0.2) is 0 Å². The van der Waals surface area contributed by atoms with Crippen molar-refractivity contribution in [3.05, 3.63) is 33.8 Å². The minimum atomic E-state index is -0.0216. The number of hydrogen-bond donors (Lipinski definition) is 1. The Morgan fingerprint density at radius 1 is 1.38 bits per heavy atom. The lowest BCUT2D eigenvalue weighted by molar-refractivity contribution is -0.124. The summed E-state index contributed by atoms with van der Waals surface area (Å²) in [5.74, 6) is -0.0216. The van der Waals surface area contributed by atoms with E-state index in [4.69, 9.17) is 27.9 Å². The minimum Gasteiger partial charge on any atom is -0.377 e. The Labute approximate surface area is 104 Å². The molecule has 0 saturated carbocycles. The van der Waals surface area contributed by atoms with Gasteiger partial charge < -0.3 is 10.1 Å². The van der Waals surface area contributed by atoms with Gasteiger partial charge in [-0.2, -0.15) is 0 Å². The van der Waals surface area contributed by atoms with Crippen molar-refractivity contribution in [3.8, 4) is 0 Å². The van der Waals surface area contributed by atoms with Crippen molar-refractivity contribution in [2.24, 2.45) is 0 Å². The van der Waals surface area contributed by atoms with E-state index in [9.17, 15) is 4.79 Å². The van der Waals surface area contributed by atoms with Gasteiger partial charge in [0.25, 0.3) is 0 Å². The van der Waals surface area contributed by atoms with Crippen LogP contribution in [0, 0.1) is 0 Å². The highest BCUT2D eigenvalue weighted by Gasteiger charge is 2.20. The molecular weight excluding hydrogens is 249 g/mol. The number of amides is 1. The SMILES string of the molecule is O=C(Cc1ccc(Cl)c(Cl)c1)NC1COC1. The van der Waals surface area contributed by atoms with Gasteiger partial charge in [0.15, 0.2) is 0 Å². The standard InChI is InChI=1S/C11H11Cl2NO2/c12-9-2-1-7(3-10(9)13)4-11(15)14-8-5-16-6-8/h1-3,8H,4-6H2,(H,14,15). The van der Waals surface area contributed by atoms with Crippen LogP contribution in [0.1, 0.15) is 5.56 Å². The van der Waals surface area contributed by atoms with Gasteiger partial charge in [0.05, 0.1) is 35.7 Å². The van der Waals surface area contributed by atoms with Gasteiger partial charge in [-0.1, -0.05) is 29.3 Å². The number of nitrogens with one attached hydrogen (secondary N) is 1. The molecule has 1 heterocycles. The van der Waals surface area contributed by atoms with Crippen molar-refractivity contribution in [3.63, 3.8) is 0 Å². The number of rotatable bonds is 3. The van der Waals surface area contributed by atoms with Crippen molar-refractivity contribution in [1.82, 2.24) is 5.32 Å². The predicted octanol–water partition coefficient (Wildman–Crippen LogP) is 2.05. The summed E-state index contributed by atoms with van der Waals surface area (Å²) in [6.45, 7) is 1.21. The first-order chi connectivity index (χ1) is 7.65. The first-order valence-corrected chi connectivity index (χ1v) is 5.72. The van der Waals surface area contributed by atoms with Crippen LogP contribution in [0.4, 0.5) is 0 Å². The topological polar surface area (TPSA) is 38.3 Å². The molecule has 1 aromatic rings. The molecule has 0 atom stereocenters. The Balaban J connectivity index is 1.92. The van der Waals surface area contributed by atoms with Crippen LogP contribution in [0.15, 0.2) is 18.2 Å². The van der Waals surface area contributed by atoms with E-state index < -0.39 is 0 Å². The van der Waals surface area contributed by atoms with Crippen molar-refractivity contribution in [2.45, 2.75) is 12.5 Å². The fourth-order valence-electron chi connectivity index (χ4n) is 1.43. The molecule has 3 nitrogen and oxygen atoms in total. The number of halogens is 2. The summed E-state index contributed by atoms with van der Waals surface area (Å²) in [5, 5.41) is 3.83. The zero-order valence-corrected chi connectivity index (χ0v) is 10.0. The van der Waals surface area contributed by atoms with Gasteiger partial charge >= 0.3 is 0 Å². The molecular formula is C11H11Cl2NO2. The summed E-state index contributed by atoms with van der Waals surface area (Å²) < 4.78 is 4.97. The molecule has 0 unspecified atom stereocenters. The third-order valence-corrected chi connectivity index (χ3v) is 3.09. The van der Waals surface area contributed by atoms with Crippen LogP contribution < -0.4 is 5.32 Å². The number of carbonyl (C=O) groups excluding carboxylic acids is 1. The Morgan fingerprint density at radius 2 is 2.12 bits per heavy atom. The number of ether oxygens (including phenoxy) is 1. The maximum absolute atomic E-state index is 11.6. The highest BCUT2D eigenvalue weighted by Crippen LogP contribution is 2.22. The zero-order chi connectivity index (χ0) is 11.5. The van der Waals surface area contributed by atoms with E-state index in [1.54, 1.807) is 18.2 Å². The van der Waals surface area contributed by atoms with Crippen LogP contribution in [0.2, 0.25) is 10.0 Å². The smallest absolute Gasteiger partial charge is 0.224 e. The number of hydrogen-bond acceptors (Lipinski definition) is 2. The lowest BCUT2D eigenvalue weighted by atomic mass is 10.1. The highest BCUT2D eigenvalue weighted by atomic mass is 35.5. The predicted molar refractivity (Wildman–Crippen MR) is 62.9 cm³/mol. The molecule has 0 spiro atoms. The molecule has 0 bridgehead atoms. The van der Waals surface area contributed by atoms with Crippen LogP contribution in [0.5, 0.6) is 0 Å². The average Bonchev–Trinajstić information content (AvgIpc) is 2.18. The van der Waals surface area contributed by atoms with Crippen LogP contribution in [-0.2, 0) is 16.0 Å². The quantitative estimate of drug-likeness (QED) is 0.903. The molecule has 1 aromatic carbocycles. The summed E-state index contributed by atoms with van der Waals surface area (Å²) in [5.41, 5.74) is 0.854. The Hall–Kier alpha value is -0.770. The summed E-state index contributed by atoms with van der Waals surface area (Å²) in [6.07, 6.45) is 0.313. The highest BCUT2D eigenvalue weighted by molar-refractivity contribution is 6.42. The fraction of sp³-hybridized carbons (Fsp3) is 0.364. The molecule has 1 aliphatic heterocycles. The molecule has 0 aromatic heterocycles. The van der Waals surface area contributed by atoms with E-state index in [0.717, 1.165) is 5.56 Å². The molecule has 5 heteroatoms. The minimum absolute atomic E-state index is 0.0216. The molecule has 2 rings (SSSR count). The number of benzene rings is 1. The summed E-state index contributed by atoms with van der Waals surface area (Å²) >= 11 is 11.6. The lowest BCUT2D eigenvalue weighted by Crippen LogP contribution is -2.49. The van der Waals surface area contributed by atoms with Crippen LogP contribution >= 0.6 is 23.2 Å². The lowest BCUT2D eigenvalue weighted by Gasteiger charge is -2.26. The van der Waals surface area contributed by atoms with Crippen molar-refractivity contribution >= 4 is 29.1 Å². The van der Waals surface area contributed by atoms with E-state index in [1.807, 2.05) is 0 Å². The van der Waals surface area contributed by atoms with E-state index >= 15 is 0 Å². The van der Waals surface area contributed by atoms with Crippen LogP contribution in [-0.4, -0.2) is 25.2 Å². The second-order valence-corrected chi connectivity index (χ2v) is 4.54. The molecule has 1 N–H and O–H groups in total. The van der Waals surface area contributed by atoms with Crippen molar-refractivity contribution in [2.75, 3.05) is 13.2 Å². The molecule has 1 fully saturated rings.